The third-order valence-electron chi connectivity index (χ3n) is 3.65. The lowest BCUT2D eigenvalue weighted by Crippen LogP contribution is -2.22. The SMILES string of the molecule is COc1ccc(-c2nnc(S[C@@H](C)C(=O)Nc3cccc(C#N)c3)o2)cc1. The van der Waals surface area contributed by atoms with Crippen molar-refractivity contribution in [3.05, 3.63) is 54.1 Å². The fourth-order valence-corrected chi connectivity index (χ4v) is 2.91. The summed E-state index contributed by atoms with van der Waals surface area (Å²) in [5.74, 6) is 0.882. The number of nitrogens with one attached hydrogen (secondary N) is 1. The summed E-state index contributed by atoms with van der Waals surface area (Å²) in [6.45, 7) is 1.74. The molecule has 0 bridgehead atoms. The molecule has 0 unspecified atom stereocenters. The van der Waals surface area contributed by atoms with Gasteiger partial charge in [0.1, 0.15) is 5.75 Å². The Morgan fingerprint density at radius 2 is 2.04 bits per heavy atom. The lowest BCUT2D eigenvalue weighted by molar-refractivity contribution is -0.115. The molecule has 0 saturated heterocycles. The zero-order valence-electron chi connectivity index (χ0n) is 14.7. The van der Waals surface area contributed by atoms with Gasteiger partial charge in [0.05, 0.1) is 24.0 Å². The number of amides is 1. The fourth-order valence-electron chi connectivity index (χ4n) is 2.22. The van der Waals surface area contributed by atoms with Gasteiger partial charge in [-0.3, -0.25) is 4.79 Å². The second-order valence-electron chi connectivity index (χ2n) is 5.54. The summed E-state index contributed by atoms with van der Waals surface area (Å²) in [5.41, 5.74) is 1.81. The van der Waals surface area contributed by atoms with Crippen LogP contribution in [-0.4, -0.2) is 28.5 Å². The quantitative estimate of drug-likeness (QED) is 0.650. The first-order valence-corrected chi connectivity index (χ1v) is 8.92. The summed E-state index contributed by atoms with van der Waals surface area (Å²) in [7, 11) is 1.60. The van der Waals surface area contributed by atoms with Crippen molar-refractivity contribution >= 4 is 23.4 Å². The molecule has 0 saturated carbocycles. The van der Waals surface area contributed by atoms with Crippen LogP contribution in [-0.2, 0) is 4.79 Å². The first kappa shape index (κ1) is 18.5. The van der Waals surface area contributed by atoms with Crippen LogP contribution in [0.1, 0.15) is 12.5 Å². The third-order valence-corrected chi connectivity index (χ3v) is 4.58. The van der Waals surface area contributed by atoms with Gasteiger partial charge < -0.3 is 14.5 Å². The van der Waals surface area contributed by atoms with Crippen molar-refractivity contribution in [3.63, 3.8) is 0 Å². The van der Waals surface area contributed by atoms with E-state index in [4.69, 9.17) is 14.4 Å². The highest BCUT2D eigenvalue weighted by molar-refractivity contribution is 8.00. The molecule has 3 aromatic rings. The monoisotopic (exact) mass is 380 g/mol. The van der Waals surface area contributed by atoms with Gasteiger partial charge in [0.25, 0.3) is 5.22 Å². The van der Waals surface area contributed by atoms with E-state index >= 15 is 0 Å². The molecule has 3 rings (SSSR count). The number of thioether (sulfide) groups is 1. The maximum atomic E-state index is 12.3. The molecule has 0 spiro atoms. The molecular weight excluding hydrogens is 364 g/mol. The van der Waals surface area contributed by atoms with Crippen LogP contribution in [0, 0.1) is 11.3 Å². The van der Waals surface area contributed by atoms with E-state index in [-0.39, 0.29) is 5.91 Å². The Labute approximate surface area is 160 Å². The van der Waals surface area contributed by atoms with E-state index in [9.17, 15) is 4.79 Å². The largest absolute Gasteiger partial charge is 0.497 e. The lowest BCUT2D eigenvalue weighted by Gasteiger charge is -2.09. The van der Waals surface area contributed by atoms with Gasteiger partial charge in [0.2, 0.25) is 11.8 Å². The number of benzene rings is 2. The van der Waals surface area contributed by atoms with Crippen molar-refractivity contribution < 1.29 is 13.9 Å². The van der Waals surface area contributed by atoms with E-state index in [2.05, 4.69) is 15.5 Å². The van der Waals surface area contributed by atoms with Crippen molar-refractivity contribution in [2.24, 2.45) is 0 Å². The maximum absolute atomic E-state index is 12.3. The van der Waals surface area contributed by atoms with Gasteiger partial charge in [-0.2, -0.15) is 5.26 Å². The molecule has 0 aliphatic carbocycles. The van der Waals surface area contributed by atoms with E-state index in [0.717, 1.165) is 23.1 Å². The number of hydrogen-bond acceptors (Lipinski definition) is 7. The molecule has 1 N–H and O–H groups in total. The second kappa shape index (κ2) is 8.38. The van der Waals surface area contributed by atoms with Gasteiger partial charge in [-0.1, -0.05) is 17.8 Å². The number of nitriles is 1. The van der Waals surface area contributed by atoms with Gasteiger partial charge in [-0.05, 0) is 49.4 Å². The Hall–Kier alpha value is -3.31. The van der Waals surface area contributed by atoms with Crippen LogP contribution in [0.15, 0.2) is 58.2 Å². The highest BCUT2D eigenvalue weighted by Gasteiger charge is 2.19. The number of nitrogens with zero attached hydrogens (tertiary/aromatic N) is 3. The average Bonchev–Trinajstić information content (AvgIpc) is 3.16. The van der Waals surface area contributed by atoms with Crippen molar-refractivity contribution in [2.75, 3.05) is 12.4 Å². The number of anilines is 1. The number of carbonyl (C=O) groups excluding carboxylic acids is 1. The van der Waals surface area contributed by atoms with Gasteiger partial charge >= 0.3 is 0 Å². The number of hydrogen-bond donors (Lipinski definition) is 1. The summed E-state index contributed by atoms with van der Waals surface area (Å²) in [6, 6.07) is 16.0. The van der Waals surface area contributed by atoms with Crippen LogP contribution in [0.25, 0.3) is 11.5 Å². The van der Waals surface area contributed by atoms with E-state index < -0.39 is 5.25 Å². The van der Waals surface area contributed by atoms with Crippen LogP contribution < -0.4 is 10.1 Å². The third kappa shape index (κ3) is 4.65. The van der Waals surface area contributed by atoms with Crippen LogP contribution >= 0.6 is 11.8 Å². The number of carbonyl (C=O) groups is 1. The molecule has 27 heavy (non-hydrogen) atoms. The number of methoxy groups -OCH3 is 1. The average molecular weight is 380 g/mol. The van der Waals surface area contributed by atoms with Gasteiger partial charge in [-0.25, -0.2) is 0 Å². The first-order chi connectivity index (χ1) is 13.1. The van der Waals surface area contributed by atoms with Crippen LogP contribution in [0.4, 0.5) is 5.69 Å². The summed E-state index contributed by atoms with van der Waals surface area (Å²) in [6.07, 6.45) is 0. The number of aromatic nitrogens is 2. The van der Waals surface area contributed by atoms with Gasteiger partial charge in [0.15, 0.2) is 0 Å². The maximum Gasteiger partial charge on any atom is 0.277 e. The smallest absolute Gasteiger partial charge is 0.277 e. The molecule has 8 heteroatoms. The van der Waals surface area contributed by atoms with E-state index in [1.54, 1.807) is 50.4 Å². The van der Waals surface area contributed by atoms with Crippen molar-refractivity contribution in [1.29, 1.82) is 5.26 Å². The minimum atomic E-state index is -0.458. The van der Waals surface area contributed by atoms with E-state index in [1.807, 2.05) is 18.2 Å². The Kier molecular flexibility index (Phi) is 5.74. The predicted octanol–water partition coefficient (Wildman–Crippen LogP) is 3.74. The summed E-state index contributed by atoms with van der Waals surface area (Å²) in [5, 5.41) is 19.5. The molecule has 1 aromatic heterocycles. The molecular formula is C19H16N4O3S. The molecule has 0 radical (unpaired) electrons. The molecule has 1 atom stereocenters. The minimum absolute atomic E-state index is 0.223. The number of rotatable bonds is 6. The van der Waals surface area contributed by atoms with Crippen molar-refractivity contribution in [2.45, 2.75) is 17.4 Å². The topological polar surface area (TPSA) is 101 Å². The Morgan fingerprint density at radius 1 is 1.26 bits per heavy atom. The molecule has 136 valence electrons. The number of ether oxygens (including phenoxy) is 1. The molecule has 2 aromatic carbocycles. The lowest BCUT2D eigenvalue weighted by atomic mass is 10.2. The fraction of sp³-hybridized carbons (Fsp3) is 0.158. The summed E-state index contributed by atoms with van der Waals surface area (Å²) >= 11 is 1.16. The zero-order valence-corrected chi connectivity index (χ0v) is 15.5. The Balaban J connectivity index is 1.63. The summed E-state index contributed by atoms with van der Waals surface area (Å²) < 4.78 is 10.7. The van der Waals surface area contributed by atoms with Gasteiger partial charge in [-0.15, -0.1) is 10.2 Å². The molecule has 0 fully saturated rings. The molecule has 0 aliphatic rings. The van der Waals surface area contributed by atoms with E-state index in [1.165, 1.54) is 0 Å². The molecule has 1 heterocycles. The molecule has 1 amide bonds. The minimum Gasteiger partial charge on any atom is -0.497 e. The standard InChI is InChI=1S/C19H16N4O3S/c1-12(17(24)21-15-5-3-4-13(10-15)11-20)27-19-23-22-18(26-19)14-6-8-16(25-2)9-7-14/h3-10,12H,1-2H3,(H,21,24)/t12-/m0/s1. The van der Waals surface area contributed by atoms with E-state index in [0.29, 0.717) is 22.4 Å². The van der Waals surface area contributed by atoms with Crippen molar-refractivity contribution in [1.82, 2.24) is 10.2 Å². The highest BCUT2D eigenvalue weighted by Crippen LogP contribution is 2.27. The Morgan fingerprint density at radius 3 is 2.74 bits per heavy atom. The predicted molar refractivity (Wildman–Crippen MR) is 101 cm³/mol. The van der Waals surface area contributed by atoms with Gasteiger partial charge in [0, 0.05) is 11.3 Å². The second-order valence-corrected chi connectivity index (χ2v) is 6.84. The normalized spacial score (nSPS) is 11.4. The highest BCUT2D eigenvalue weighted by atomic mass is 32.2. The first-order valence-electron chi connectivity index (χ1n) is 8.04. The Bertz CT molecular complexity index is 979. The molecule has 7 nitrogen and oxygen atoms in total. The summed E-state index contributed by atoms with van der Waals surface area (Å²) in [4.78, 5) is 12.3. The van der Waals surface area contributed by atoms with Crippen LogP contribution in [0.5, 0.6) is 5.75 Å². The van der Waals surface area contributed by atoms with Crippen LogP contribution in [0.3, 0.4) is 0 Å². The van der Waals surface area contributed by atoms with Crippen molar-refractivity contribution in [3.8, 4) is 23.3 Å². The molecule has 0 aliphatic heterocycles. The zero-order chi connectivity index (χ0) is 19.2. The van der Waals surface area contributed by atoms with Crippen LogP contribution in [0.2, 0.25) is 0 Å².